The first kappa shape index (κ1) is 19.5. The summed E-state index contributed by atoms with van der Waals surface area (Å²) < 4.78 is 26.8. The van der Waals surface area contributed by atoms with E-state index in [9.17, 15) is 14.6 Å². The van der Waals surface area contributed by atoms with Crippen molar-refractivity contribution < 1.29 is 24.1 Å². The molecule has 9 nitrogen and oxygen atoms in total. The van der Waals surface area contributed by atoms with Gasteiger partial charge in [0.15, 0.2) is 18.0 Å². The van der Waals surface area contributed by atoms with Crippen molar-refractivity contribution in [1.29, 1.82) is 0 Å². The fraction of sp³-hybridized carbons (Fsp3) is 0.238. The molecule has 1 fully saturated rings. The van der Waals surface area contributed by atoms with Crippen molar-refractivity contribution in [3.63, 3.8) is 0 Å². The number of para-hydroxylation sites is 1. The second-order valence-electron chi connectivity index (χ2n) is 7.03. The predicted molar refractivity (Wildman–Crippen MR) is 107 cm³/mol. The molecule has 0 bridgehead atoms. The van der Waals surface area contributed by atoms with Gasteiger partial charge in [-0.25, -0.2) is 24.3 Å². The highest BCUT2D eigenvalue weighted by Gasteiger charge is 2.45. The summed E-state index contributed by atoms with van der Waals surface area (Å²) in [6, 6.07) is 12.8. The van der Waals surface area contributed by atoms with Gasteiger partial charge in [0, 0.05) is 17.8 Å². The molecule has 4 atom stereocenters. The molecule has 0 spiro atoms. The van der Waals surface area contributed by atoms with Crippen molar-refractivity contribution in [1.82, 2.24) is 24.5 Å². The number of pyridine rings is 1. The first-order valence-corrected chi connectivity index (χ1v) is 9.61. The van der Waals surface area contributed by atoms with Gasteiger partial charge in [-0.05, 0) is 18.2 Å². The Hall–Kier alpha value is -3.47. The third-order valence-corrected chi connectivity index (χ3v) is 5.08. The Morgan fingerprint density at radius 3 is 2.61 bits per heavy atom. The second kappa shape index (κ2) is 7.99. The number of imidazole rings is 1. The van der Waals surface area contributed by atoms with E-state index in [2.05, 4.69) is 19.9 Å². The third kappa shape index (κ3) is 3.50. The number of ether oxygens (including phenoxy) is 2. The van der Waals surface area contributed by atoms with Crippen molar-refractivity contribution in [2.45, 2.75) is 24.6 Å². The molecular formula is C21H18FN5O4. The number of fused-ring (bicyclic) bond motifs is 1. The summed E-state index contributed by atoms with van der Waals surface area (Å²) in [6.07, 6.45) is -0.968. The summed E-state index contributed by atoms with van der Waals surface area (Å²) in [6.45, 7) is -0.537. The zero-order valence-electron chi connectivity index (χ0n) is 16.1. The third-order valence-electron chi connectivity index (χ3n) is 5.08. The number of benzene rings is 1. The van der Waals surface area contributed by atoms with Gasteiger partial charge in [-0.3, -0.25) is 4.57 Å². The molecule has 0 unspecified atom stereocenters. The van der Waals surface area contributed by atoms with Crippen LogP contribution in [-0.2, 0) is 4.74 Å². The minimum atomic E-state index is -1.71. The van der Waals surface area contributed by atoms with E-state index in [-0.39, 0.29) is 0 Å². The quantitative estimate of drug-likeness (QED) is 0.502. The Morgan fingerprint density at radius 1 is 1.06 bits per heavy atom. The number of hydrogen-bond acceptors (Lipinski definition) is 8. The first-order chi connectivity index (χ1) is 15.2. The first-order valence-electron chi connectivity index (χ1n) is 9.61. The average Bonchev–Trinajstić information content (AvgIpc) is 3.36. The molecule has 10 heteroatoms. The van der Waals surface area contributed by atoms with Crippen molar-refractivity contribution >= 4 is 11.2 Å². The van der Waals surface area contributed by atoms with Crippen LogP contribution in [0.25, 0.3) is 22.4 Å². The summed E-state index contributed by atoms with van der Waals surface area (Å²) in [7, 11) is 0. The number of nitrogens with zero attached hydrogens (tertiary/aromatic N) is 5. The molecule has 3 aromatic heterocycles. The Kier molecular flexibility index (Phi) is 5.02. The number of aromatic nitrogens is 5. The largest absolute Gasteiger partial charge is 0.439 e. The van der Waals surface area contributed by atoms with Gasteiger partial charge in [0.25, 0.3) is 0 Å². The van der Waals surface area contributed by atoms with E-state index in [1.807, 2.05) is 30.3 Å². The number of rotatable bonds is 5. The summed E-state index contributed by atoms with van der Waals surface area (Å²) in [5.74, 6) is 1.10. The maximum atomic E-state index is 14.1. The van der Waals surface area contributed by atoms with E-state index >= 15 is 0 Å². The van der Waals surface area contributed by atoms with Crippen LogP contribution in [0.15, 0.2) is 61.3 Å². The molecule has 1 saturated heterocycles. The van der Waals surface area contributed by atoms with Crippen LogP contribution in [0, 0.1) is 0 Å². The van der Waals surface area contributed by atoms with E-state index < -0.39 is 31.2 Å². The molecule has 31 heavy (non-hydrogen) atoms. The Labute approximate surface area is 175 Å². The molecule has 158 valence electrons. The number of aliphatic hydroxyl groups excluding tert-OH is 2. The van der Waals surface area contributed by atoms with Crippen LogP contribution in [0.2, 0.25) is 0 Å². The molecule has 1 aliphatic heterocycles. The minimum absolute atomic E-state index is 0.365. The highest BCUT2D eigenvalue weighted by atomic mass is 19.1. The van der Waals surface area contributed by atoms with Crippen molar-refractivity contribution in [3.8, 4) is 22.9 Å². The van der Waals surface area contributed by atoms with Gasteiger partial charge in [-0.15, -0.1) is 0 Å². The maximum Gasteiger partial charge on any atom is 0.219 e. The highest BCUT2D eigenvalue weighted by Crippen LogP contribution is 2.34. The molecular weight excluding hydrogens is 405 g/mol. The lowest BCUT2D eigenvalue weighted by molar-refractivity contribution is -0.0495. The van der Waals surface area contributed by atoms with Gasteiger partial charge in [-0.1, -0.05) is 18.2 Å². The van der Waals surface area contributed by atoms with Crippen LogP contribution in [0.3, 0.4) is 0 Å². The van der Waals surface area contributed by atoms with Crippen LogP contribution in [0.5, 0.6) is 11.6 Å². The number of aliphatic hydroxyl groups is 2. The lowest BCUT2D eigenvalue weighted by atomic mass is 10.1. The van der Waals surface area contributed by atoms with E-state index in [1.165, 1.54) is 17.2 Å². The van der Waals surface area contributed by atoms with E-state index in [0.29, 0.717) is 34.1 Å². The van der Waals surface area contributed by atoms with Gasteiger partial charge in [0.1, 0.15) is 35.5 Å². The molecule has 0 amide bonds. The Morgan fingerprint density at radius 2 is 1.90 bits per heavy atom. The van der Waals surface area contributed by atoms with Crippen LogP contribution in [-0.4, -0.2) is 59.7 Å². The SMILES string of the molecule is OC[C@H]1O[C@@H](n2cnc3c(-c4ccc(Oc5ccccc5)nc4)ncnc32)[C@H](O)[C@@H]1F. The van der Waals surface area contributed by atoms with Crippen LogP contribution in [0.4, 0.5) is 4.39 Å². The fourth-order valence-electron chi connectivity index (χ4n) is 3.53. The Balaban J connectivity index is 1.45. The smallest absolute Gasteiger partial charge is 0.219 e. The summed E-state index contributed by atoms with van der Waals surface area (Å²) in [4.78, 5) is 17.2. The molecule has 5 rings (SSSR count). The second-order valence-corrected chi connectivity index (χ2v) is 7.03. The Bertz CT molecular complexity index is 1190. The molecule has 1 aliphatic rings. The van der Waals surface area contributed by atoms with Gasteiger partial charge in [-0.2, -0.15) is 0 Å². The highest BCUT2D eigenvalue weighted by molar-refractivity contribution is 5.86. The number of alkyl halides is 1. The molecule has 0 radical (unpaired) electrons. The van der Waals surface area contributed by atoms with E-state index in [0.717, 1.165) is 0 Å². The fourth-order valence-corrected chi connectivity index (χ4v) is 3.53. The molecule has 2 N–H and O–H groups in total. The molecule has 4 heterocycles. The standard InChI is InChI=1S/C21H18FN5O4/c22-16-14(9-28)31-21(19(16)29)27-11-26-18-17(24-10-25-20(18)27)12-6-7-15(23-8-12)30-13-4-2-1-3-5-13/h1-8,10-11,14,16,19,21,28-29H,9H2/t14-,16-,19-,21-/m1/s1. The molecule has 0 aliphatic carbocycles. The summed E-state index contributed by atoms with van der Waals surface area (Å²) >= 11 is 0. The van der Waals surface area contributed by atoms with Crippen LogP contribution in [0.1, 0.15) is 6.23 Å². The van der Waals surface area contributed by atoms with Gasteiger partial charge < -0.3 is 19.7 Å². The molecule has 0 saturated carbocycles. The summed E-state index contributed by atoms with van der Waals surface area (Å²) in [5, 5.41) is 19.4. The van der Waals surface area contributed by atoms with Gasteiger partial charge in [0.2, 0.25) is 5.88 Å². The summed E-state index contributed by atoms with van der Waals surface area (Å²) in [5.41, 5.74) is 2.01. The van der Waals surface area contributed by atoms with Gasteiger partial charge >= 0.3 is 0 Å². The zero-order chi connectivity index (χ0) is 21.4. The van der Waals surface area contributed by atoms with E-state index in [1.54, 1.807) is 18.3 Å². The lowest BCUT2D eigenvalue weighted by Crippen LogP contribution is -2.29. The normalized spacial score (nSPS) is 23.3. The minimum Gasteiger partial charge on any atom is -0.439 e. The van der Waals surface area contributed by atoms with Gasteiger partial charge in [0.05, 0.1) is 12.9 Å². The van der Waals surface area contributed by atoms with E-state index in [4.69, 9.17) is 9.47 Å². The predicted octanol–water partition coefficient (Wildman–Crippen LogP) is 2.27. The van der Waals surface area contributed by atoms with Crippen LogP contribution >= 0.6 is 0 Å². The monoisotopic (exact) mass is 423 g/mol. The zero-order valence-corrected chi connectivity index (χ0v) is 16.1. The average molecular weight is 423 g/mol. The van der Waals surface area contributed by atoms with Crippen molar-refractivity contribution in [2.75, 3.05) is 6.61 Å². The number of halogens is 1. The van der Waals surface area contributed by atoms with Crippen molar-refractivity contribution in [2.24, 2.45) is 0 Å². The molecule has 1 aromatic carbocycles. The maximum absolute atomic E-state index is 14.1. The molecule has 4 aromatic rings. The van der Waals surface area contributed by atoms with Crippen LogP contribution < -0.4 is 4.74 Å². The number of hydrogen-bond donors (Lipinski definition) is 2. The van der Waals surface area contributed by atoms with Crippen molar-refractivity contribution in [3.05, 3.63) is 61.3 Å². The lowest BCUT2D eigenvalue weighted by Gasteiger charge is -2.16. The topological polar surface area (TPSA) is 115 Å².